The number of hydrogen-bond acceptors (Lipinski definition) is 0. The van der Waals surface area contributed by atoms with E-state index < -0.39 is 0 Å². The summed E-state index contributed by atoms with van der Waals surface area (Å²) in [7, 11) is 1.93. The zero-order valence-corrected chi connectivity index (χ0v) is 6.26. The molecular weight excluding hydrogens is 126 g/mol. The van der Waals surface area contributed by atoms with Crippen molar-refractivity contribution in [2.24, 2.45) is 12.8 Å². The van der Waals surface area contributed by atoms with Gasteiger partial charge in [0.15, 0.2) is 0 Å². The van der Waals surface area contributed by atoms with Gasteiger partial charge in [0.25, 0.3) is 5.84 Å². The molecular formula is C7H12N3+. The molecule has 0 aliphatic heterocycles. The SMILES string of the molecule is Cc1ccc(C(N)=[NH2+])n1C. The highest BCUT2D eigenvalue weighted by Gasteiger charge is 2.06. The Morgan fingerprint density at radius 3 is 2.40 bits per heavy atom. The molecule has 0 aliphatic carbocycles. The quantitative estimate of drug-likeness (QED) is 0.371. The van der Waals surface area contributed by atoms with Crippen molar-refractivity contribution in [3.8, 4) is 0 Å². The van der Waals surface area contributed by atoms with Crippen molar-refractivity contribution in [1.29, 1.82) is 0 Å². The first kappa shape index (κ1) is 6.86. The standard InChI is InChI=1S/C7H11N3/c1-5-3-4-6(7(8)9)10(5)2/h3-4H,1-2H3,(H3,8,9)/p+1. The molecule has 1 rings (SSSR count). The normalized spacial score (nSPS) is 9.80. The van der Waals surface area contributed by atoms with Crippen LogP contribution in [0, 0.1) is 6.92 Å². The summed E-state index contributed by atoms with van der Waals surface area (Å²) in [6.07, 6.45) is 0. The van der Waals surface area contributed by atoms with E-state index in [1.165, 1.54) is 0 Å². The number of nitrogens with zero attached hydrogens (tertiary/aromatic N) is 1. The fourth-order valence-corrected chi connectivity index (χ4v) is 0.903. The van der Waals surface area contributed by atoms with Crippen LogP contribution in [0.25, 0.3) is 0 Å². The van der Waals surface area contributed by atoms with E-state index in [1.54, 1.807) is 0 Å². The fourth-order valence-electron chi connectivity index (χ4n) is 0.903. The molecule has 0 saturated heterocycles. The summed E-state index contributed by atoms with van der Waals surface area (Å²) in [5.74, 6) is 0.371. The first-order chi connectivity index (χ1) is 4.63. The van der Waals surface area contributed by atoms with Gasteiger partial charge in [-0.1, -0.05) is 0 Å². The lowest BCUT2D eigenvalue weighted by molar-refractivity contribution is -0.114. The molecule has 0 fully saturated rings. The molecule has 1 heterocycles. The Balaban J connectivity index is 3.17. The Morgan fingerprint density at radius 1 is 1.60 bits per heavy atom. The minimum Gasteiger partial charge on any atom is -0.342 e. The minimum absolute atomic E-state index is 0.371. The molecule has 0 aromatic carbocycles. The van der Waals surface area contributed by atoms with Gasteiger partial charge in [-0.05, 0) is 19.1 Å². The van der Waals surface area contributed by atoms with Crippen molar-refractivity contribution in [3.63, 3.8) is 0 Å². The van der Waals surface area contributed by atoms with Crippen LogP contribution in [-0.4, -0.2) is 10.4 Å². The second-order valence-corrected chi connectivity index (χ2v) is 2.37. The molecule has 0 radical (unpaired) electrons. The van der Waals surface area contributed by atoms with E-state index in [0.29, 0.717) is 5.84 Å². The van der Waals surface area contributed by atoms with Crippen LogP contribution >= 0.6 is 0 Å². The van der Waals surface area contributed by atoms with E-state index in [9.17, 15) is 0 Å². The molecule has 0 atom stereocenters. The van der Waals surface area contributed by atoms with Crippen LogP contribution in [0.1, 0.15) is 11.4 Å². The van der Waals surface area contributed by atoms with Gasteiger partial charge >= 0.3 is 0 Å². The third-order valence-corrected chi connectivity index (χ3v) is 1.67. The molecule has 54 valence electrons. The van der Waals surface area contributed by atoms with Gasteiger partial charge < -0.3 is 4.57 Å². The van der Waals surface area contributed by atoms with Crippen molar-refractivity contribution in [1.82, 2.24) is 4.57 Å². The zero-order chi connectivity index (χ0) is 7.72. The Hall–Kier alpha value is -1.25. The fraction of sp³-hybridized carbons (Fsp3) is 0.286. The number of rotatable bonds is 1. The van der Waals surface area contributed by atoms with Gasteiger partial charge in [0, 0.05) is 12.7 Å². The van der Waals surface area contributed by atoms with Gasteiger partial charge in [-0.15, -0.1) is 0 Å². The third kappa shape index (κ3) is 0.900. The predicted octanol–water partition coefficient (Wildman–Crippen LogP) is -1.20. The topological polar surface area (TPSA) is 56.5 Å². The smallest absolute Gasteiger partial charge is 0.287 e. The highest BCUT2D eigenvalue weighted by molar-refractivity contribution is 5.91. The maximum atomic E-state index is 5.40. The van der Waals surface area contributed by atoms with E-state index in [0.717, 1.165) is 11.4 Å². The summed E-state index contributed by atoms with van der Waals surface area (Å²) in [6.45, 7) is 2.01. The summed E-state index contributed by atoms with van der Waals surface area (Å²) in [6, 6.07) is 3.89. The van der Waals surface area contributed by atoms with Crippen molar-refractivity contribution >= 4 is 5.84 Å². The Morgan fingerprint density at radius 2 is 2.20 bits per heavy atom. The molecule has 0 bridgehead atoms. The summed E-state index contributed by atoms with van der Waals surface area (Å²) < 4.78 is 1.95. The lowest BCUT2D eigenvalue weighted by Crippen LogP contribution is -2.47. The number of aromatic nitrogens is 1. The van der Waals surface area contributed by atoms with Crippen LogP contribution in [0.2, 0.25) is 0 Å². The molecule has 4 N–H and O–H groups in total. The van der Waals surface area contributed by atoms with E-state index in [2.05, 4.69) is 0 Å². The Bertz CT molecular complexity index is 260. The number of aryl methyl sites for hydroxylation is 1. The van der Waals surface area contributed by atoms with Crippen molar-refractivity contribution in [2.75, 3.05) is 0 Å². The van der Waals surface area contributed by atoms with Crippen LogP contribution in [-0.2, 0) is 7.05 Å². The highest BCUT2D eigenvalue weighted by Crippen LogP contribution is 2.02. The minimum atomic E-state index is 0.371. The number of nitrogens with two attached hydrogens (primary N) is 2. The lowest BCUT2D eigenvalue weighted by atomic mass is 10.4. The first-order valence-electron chi connectivity index (χ1n) is 3.13. The zero-order valence-electron chi connectivity index (χ0n) is 6.26. The van der Waals surface area contributed by atoms with Gasteiger partial charge in [0.1, 0.15) is 5.69 Å². The van der Waals surface area contributed by atoms with Crippen LogP contribution in [0.15, 0.2) is 12.1 Å². The average molecular weight is 138 g/mol. The van der Waals surface area contributed by atoms with Crippen LogP contribution in [0.5, 0.6) is 0 Å². The van der Waals surface area contributed by atoms with E-state index in [4.69, 9.17) is 11.1 Å². The summed E-state index contributed by atoms with van der Waals surface area (Å²) in [5.41, 5.74) is 7.44. The predicted molar refractivity (Wildman–Crippen MR) is 40.4 cm³/mol. The molecule has 0 amide bonds. The van der Waals surface area contributed by atoms with Gasteiger partial charge in [0.2, 0.25) is 0 Å². The summed E-state index contributed by atoms with van der Waals surface area (Å²) in [4.78, 5) is 0. The van der Waals surface area contributed by atoms with Gasteiger partial charge in [-0.3, -0.25) is 11.1 Å². The largest absolute Gasteiger partial charge is 0.342 e. The monoisotopic (exact) mass is 138 g/mol. The molecule has 0 saturated carbocycles. The van der Waals surface area contributed by atoms with Gasteiger partial charge in [-0.25, -0.2) is 0 Å². The van der Waals surface area contributed by atoms with Crippen LogP contribution in [0.3, 0.4) is 0 Å². The molecule has 0 aliphatic rings. The third-order valence-electron chi connectivity index (χ3n) is 1.67. The molecule has 0 spiro atoms. The summed E-state index contributed by atoms with van der Waals surface area (Å²) in [5, 5.41) is 5.40. The average Bonchev–Trinajstić information content (AvgIpc) is 2.14. The van der Waals surface area contributed by atoms with Gasteiger partial charge in [-0.2, -0.15) is 0 Å². The molecule has 10 heavy (non-hydrogen) atoms. The van der Waals surface area contributed by atoms with E-state index in [-0.39, 0.29) is 0 Å². The van der Waals surface area contributed by atoms with Crippen molar-refractivity contribution < 1.29 is 5.41 Å². The van der Waals surface area contributed by atoms with Crippen LogP contribution < -0.4 is 11.1 Å². The van der Waals surface area contributed by atoms with Crippen molar-refractivity contribution in [3.05, 3.63) is 23.5 Å². The summed E-state index contributed by atoms with van der Waals surface area (Å²) >= 11 is 0. The molecule has 3 nitrogen and oxygen atoms in total. The number of hydrogen-bond donors (Lipinski definition) is 2. The first-order valence-corrected chi connectivity index (χ1v) is 3.13. The lowest BCUT2D eigenvalue weighted by Gasteiger charge is -1.97. The molecule has 1 aromatic rings. The second kappa shape index (κ2) is 2.17. The Labute approximate surface area is 60.0 Å². The maximum Gasteiger partial charge on any atom is 0.287 e. The van der Waals surface area contributed by atoms with Gasteiger partial charge in [0.05, 0.1) is 0 Å². The maximum absolute atomic E-state index is 5.40. The second-order valence-electron chi connectivity index (χ2n) is 2.37. The Kier molecular flexibility index (Phi) is 1.49. The molecule has 0 unspecified atom stereocenters. The molecule has 1 aromatic heterocycles. The van der Waals surface area contributed by atoms with Crippen LogP contribution in [0.4, 0.5) is 0 Å². The highest BCUT2D eigenvalue weighted by atomic mass is 15.0. The number of amidine groups is 1. The van der Waals surface area contributed by atoms with E-state index in [1.807, 2.05) is 30.7 Å². The van der Waals surface area contributed by atoms with Crippen molar-refractivity contribution in [2.45, 2.75) is 6.92 Å². The van der Waals surface area contributed by atoms with E-state index >= 15 is 0 Å². The molecule has 3 heteroatoms.